The van der Waals surface area contributed by atoms with Crippen molar-refractivity contribution in [3.8, 4) is 0 Å². The van der Waals surface area contributed by atoms with Crippen molar-refractivity contribution < 1.29 is 13.9 Å². The van der Waals surface area contributed by atoms with E-state index in [1.54, 1.807) is 14.0 Å². The Bertz CT molecular complexity index is 1000. The third-order valence-corrected chi connectivity index (χ3v) is 4.40. The lowest BCUT2D eigenvalue weighted by atomic mass is 10.1. The van der Waals surface area contributed by atoms with Gasteiger partial charge in [0.15, 0.2) is 0 Å². The fourth-order valence-corrected chi connectivity index (χ4v) is 2.93. The smallest absolute Gasteiger partial charge is 0.265 e. The molecular formula is C20H23N3O4. The van der Waals surface area contributed by atoms with Crippen LogP contribution in [0.2, 0.25) is 0 Å². The van der Waals surface area contributed by atoms with Crippen LogP contribution in [-0.4, -0.2) is 29.2 Å². The van der Waals surface area contributed by atoms with Gasteiger partial charge in [0, 0.05) is 26.8 Å². The number of aryl methyl sites for hydroxylation is 3. The Morgan fingerprint density at radius 1 is 1.26 bits per heavy atom. The number of ether oxygens (including phenoxy) is 1. The predicted octanol–water partition coefficient (Wildman–Crippen LogP) is 2.57. The molecule has 0 aliphatic heterocycles. The second-order valence-electron chi connectivity index (χ2n) is 6.47. The van der Waals surface area contributed by atoms with Gasteiger partial charge in [0.1, 0.15) is 17.5 Å². The molecule has 1 aromatic carbocycles. The maximum Gasteiger partial charge on any atom is 0.265 e. The molecule has 0 aliphatic rings. The van der Waals surface area contributed by atoms with Crippen LogP contribution in [0.4, 0.5) is 0 Å². The molecule has 2 heterocycles. The van der Waals surface area contributed by atoms with E-state index in [-0.39, 0.29) is 28.1 Å². The summed E-state index contributed by atoms with van der Waals surface area (Å²) in [7, 11) is 1.61. The number of rotatable bonds is 7. The van der Waals surface area contributed by atoms with E-state index in [1.807, 2.05) is 31.2 Å². The highest BCUT2D eigenvalue weighted by molar-refractivity contribution is 6.06. The molecule has 0 bridgehead atoms. The van der Waals surface area contributed by atoms with Gasteiger partial charge in [-0.15, -0.1) is 0 Å². The summed E-state index contributed by atoms with van der Waals surface area (Å²) in [5, 5.41) is 3.07. The topological polar surface area (TPSA) is 86.4 Å². The maximum absolute atomic E-state index is 12.8. The first-order chi connectivity index (χ1) is 13.0. The van der Waals surface area contributed by atoms with Crippen LogP contribution in [0.25, 0.3) is 11.1 Å². The lowest BCUT2D eigenvalue weighted by molar-refractivity contribution is 0.0950. The van der Waals surface area contributed by atoms with Crippen LogP contribution in [0, 0.1) is 13.8 Å². The fraction of sp³-hybridized carbons (Fsp3) is 0.350. The third-order valence-electron chi connectivity index (χ3n) is 4.40. The first-order valence-corrected chi connectivity index (χ1v) is 8.82. The monoisotopic (exact) mass is 369 g/mol. The van der Waals surface area contributed by atoms with Crippen molar-refractivity contribution in [2.24, 2.45) is 0 Å². The second-order valence-corrected chi connectivity index (χ2v) is 6.47. The Morgan fingerprint density at radius 3 is 2.70 bits per heavy atom. The van der Waals surface area contributed by atoms with E-state index in [2.05, 4.69) is 10.3 Å². The lowest BCUT2D eigenvalue weighted by Gasteiger charge is -2.07. The first-order valence-electron chi connectivity index (χ1n) is 8.82. The van der Waals surface area contributed by atoms with Crippen molar-refractivity contribution in [1.29, 1.82) is 0 Å². The van der Waals surface area contributed by atoms with E-state index in [1.165, 1.54) is 10.9 Å². The molecule has 0 saturated carbocycles. The molecule has 0 atom stereocenters. The van der Waals surface area contributed by atoms with Gasteiger partial charge in [0.05, 0.1) is 5.56 Å². The Balaban J connectivity index is 1.87. The van der Waals surface area contributed by atoms with Crippen LogP contribution in [0.1, 0.15) is 33.7 Å². The molecule has 0 aliphatic carbocycles. The molecule has 0 saturated heterocycles. The normalized spacial score (nSPS) is 11.1. The minimum absolute atomic E-state index is 0.181. The van der Waals surface area contributed by atoms with Gasteiger partial charge in [0.25, 0.3) is 11.5 Å². The summed E-state index contributed by atoms with van der Waals surface area (Å²) < 4.78 is 12.0. The zero-order valence-electron chi connectivity index (χ0n) is 15.7. The number of amides is 1. The quantitative estimate of drug-likeness (QED) is 0.647. The minimum atomic E-state index is -0.347. The molecular weight excluding hydrogens is 346 g/mol. The predicted molar refractivity (Wildman–Crippen MR) is 102 cm³/mol. The number of carbonyl (C=O) groups is 1. The van der Waals surface area contributed by atoms with Crippen LogP contribution in [0.15, 0.2) is 39.8 Å². The molecule has 0 spiro atoms. The highest BCUT2D eigenvalue weighted by Gasteiger charge is 2.22. The number of carbonyl (C=O) groups excluding carboxylic acids is 1. The average Bonchev–Trinajstić information content (AvgIpc) is 3.00. The molecule has 27 heavy (non-hydrogen) atoms. The number of fused-ring (bicyclic) bond motifs is 1. The van der Waals surface area contributed by atoms with E-state index in [9.17, 15) is 9.59 Å². The van der Waals surface area contributed by atoms with Crippen molar-refractivity contribution in [3.63, 3.8) is 0 Å². The summed E-state index contributed by atoms with van der Waals surface area (Å²) >= 11 is 0. The Hall–Kier alpha value is -2.93. The SMILES string of the molecule is COCCCn1cnc2oc(C)c(C(=O)NCc3ccc(C)cc3)c2c1=O. The minimum Gasteiger partial charge on any atom is -0.442 e. The molecule has 0 radical (unpaired) electrons. The van der Waals surface area contributed by atoms with Crippen molar-refractivity contribution in [1.82, 2.24) is 14.9 Å². The lowest BCUT2D eigenvalue weighted by Crippen LogP contribution is -2.27. The second kappa shape index (κ2) is 8.18. The van der Waals surface area contributed by atoms with E-state index in [0.29, 0.717) is 31.9 Å². The molecule has 142 valence electrons. The summed E-state index contributed by atoms with van der Waals surface area (Å²) in [5.74, 6) is 0.0333. The molecule has 1 amide bonds. The molecule has 7 heteroatoms. The summed E-state index contributed by atoms with van der Waals surface area (Å²) in [5.41, 5.74) is 2.28. The average molecular weight is 369 g/mol. The molecule has 0 unspecified atom stereocenters. The summed E-state index contributed by atoms with van der Waals surface area (Å²) in [6, 6.07) is 7.89. The highest BCUT2D eigenvalue weighted by Crippen LogP contribution is 2.21. The Kier molecular flexibility index (Phi) is 5.71. The van der Waals surface area contributed by atoms with Crippen LogP contribution in [0.5, 0.6) is 0 Å². The van der Waals surface area contributed by atoms with Gasteiger partial charge in [0.2, 0.25) is 5.71 Å². The van der Waals surface area contributed by atoms with Gasteiger partial charge in [-0.25, -0.2) is 4.98 Å². The summed E-state index contributed by atoms with van der Waals surface area (Å²) in [6.07, 6.45) is 2.12. The number of nitrogens with one attached hydrogen (secondary N) is 1. The molecule has 3 aromatic rings. The van der Waals surface area contributed by atoms with E-state index in [4.69, 9.17) is 9.15 Å². The maximum atomic E-state index is 12.8. The van der Waals surface area contributed by atoms with Gasteiger partial charge in [-0.3, -0.25) is 14.2 Å². The number of nitrogens with zero attached hydrogens (tertiary/aromatic N) is 2. The molecule has 0 fully saturated rings. The molecule has 7 nitrogen and oxygen atoms in total. The summed E-state index contributed by atoms with van der Waals surface area (Å²) in [4.78, 5) is 29.7. The van der Waals surface area contributed by atoms with Crippen molar-refractivity contribution >= 4 is 17.0 Å². The first kappa shape index (κ1) is 18.8. The number of aromatic nitrogens is 2. The third kappa shape index (κ3) is 4.09. The number of hydrogen-bond acceptors (Lipinski definition) is 5. The summed E-state index contributed by atoms with van der Waals surface area (Å²) in [6.45, 7) is 5.04. The van der Waals surface area contributed by atoms with Crippen molar-refractivity contribution in [3.05, 3.63) is 63.4 Å². The van der Waals surface area contributed by atoms with Crippen LogP contribution in [-0.2, 0) is 17.8 Å². The van der Waals surface area contributed by atoms with E-state index >= 15 is 0 Å². The number of hydrogen-bond donors (Lipinski definition) is 1. The van der Waals surface area contributed by atoms with Gasteiger partial charge in [-0.1, -0.05) is 29.8 Å². The van der Waals surface area contributed by atoms with E-state index in [0.717, 1.165) is 11.1 Å². The van der Waals surface area contributed by atoms with Gasteiger partial charge < -0.3 is 14.5 Å². The number of benzene rings is 1. The van der Waals surface area contributed by atoms with E-state index < -0.39 is 0 Å². The molecule has 3 rings (SSSR count). The fourth-order valence-electron chi connectivity index (χ4n) is 2.93. The van der Waals surface area contributed by atoms with Crippen LogP contribution < -0.4 is 10.9 Å². The molecule has 2 aromatic heterocycles. The van der Waals surface area contributed by atoms with Crippen molar-refractivity contribution in [2.45, 2.75) is 33.4 Å². The number of methoxy groups -OCH3 is 1. The Labute approximate surface area is 157 Å². The zero-order valence-corrected chi connectivity index (χ0v) is 15.7. The van der Waals surface area contributed by atoms with Gasteiger partial charge in [-0.2, -0.15) is 0 Å². The highest BCUT2D eigenvalue weighted by atomic mass is 16.5. The van der Waals surface area contributed by atoms with Gasteiger partial charge in [-0.05, 0) is 25.8 Å². The van der Waals surface area contributed by atoms with Crippen molar-refractivity contribution in [2.75, 3.05) is 13.7 Å². The molecule has 1 N–H and O–H groups in total. The zero-order chi connectivity index (χ0) is 19.4. The largest absolute Gasteiger partial charge is 0.442 e. The number of furan rings is 1. The van der Waals surface area contributed by atoms with Crippen LogP contribution in [0.3, 0.4) is 0 Å². The van der Waals surface area contributed by atoms with Crippen LogP contribution >= 0.6 is 0 Å². The Morgan fingerprint density at radius 2 is 2.00 bits per heavy atom. The standard InChI is InChI=1S/C20H23N3O4/c1-13-5-7-15(8-6-13)11-21-18(24)16-14(2)27-19-17(16)20(25)23(12-22-19)9-4-10-26-3/h5-8,12H,4,9-11H2,1-3H3,(H,21,24). The van der Waals surface area contributed by atoms with Gasteiger partial charge >= 0.3 is 0 Å².